The van der Waals surface area contributed by atoms with E-state index in [9.17, 15) is 0 Å². The number of aromatic nitrogens is 5. The summed E-state index contributed by atoms with van der Waals surface area (Å²) in [5.41, 5.74) is 2.24. The van der Waals surface area contributed by atoms with Crippen LogP contribution in [0.1, 0.15) is 25.3 Å². The predicted octanol–water partition coefficient (Wildman–Crippen LogP) is 3.19. The Morgan fingerprint density at radius 2 is 2.04 bits per heavy atom. The Kier molecular flexibility index (Phi) is 4.87. The fraction of sp³-hybridized carbons (Fsp3) is 0.333. The highest BCUT2D eigenvalue weighted by atomic mass is 35.5. The maximum absolute atomic E-state index is 5.97. The molecule has 0 saturated heterocycles. The second-order valence-electron chi connectivity index (χ2n) is 4.99. The van der Waals surface area contributed by atoms with Gasteiger partial charge in [-0.3, -0.25) is 4.98 Å². The molecule has 0 aromatic carbocycles. The summed E-state index contributed by atoms with van der Waals surface area (Å²) in [6, 6.07) is 4.29. The van der Waals surface area contributed by atoms with E-state index in [0.29, 0.717) is 36.1 Å². The lowest BCUT2D eigenvalue weighted by atomic mass is 10.3. The van der Waals surface area contributed by atoms with Crippen LogP contribution in [0.5, 0.6) is 6.01 Å². The molecule has 3 aromatic rings. The number of anilines is 1. The van der Waals surface area contributed by atoms with Crippen molar-refractivity contribution in [2.24, 2.45) is 0 Å². The molecule has 0 saturated carbocycles. The first-order valence-corrected chi connectivity index (χ1v) is 7.83. The van der Waals surface area contributed by atoms with Crippen LogP contribution in [0.15, 0.2) is 24.5 Å². The number of imidazole rings is 1. The van der Waals surface area contributed by atoms with Gasteiger partial charge in [0.1, 0.15) is 5.52 Å². The van der Waals surface area contributed by atoms with Crippen molar-refractivity contribution >= 4 is 28.6 Å². The van der Waals surface area contributed by atoms with Gasteiger partial charge in [0.15, 0.2) is 11.5 Å². The molecule has 0 atom stereocenters. The van der Waals surface area contributed by atoms with Crippen LogP contribution in [0.3, 0.4) is 0 Å². The number of fused-ring (bicyclic) bond motifs is 1. The second kappa shape index (κ2) is 7.23. The Bertz CT molecular complexity index is 776. The topological polar surface area (TPSA) is 88.6 Å². The minimum absolute atomic E-state index is 0.140. The normalized spacial score (nSPS) is 10.9. The van der Waals surface area contributed by atoms with Crippen molar-refractivity contribution in [3.8, 4) is 6.01 Å². The molecule has 3 aromatic heterocycles. The summed E-state index contributed by atoms with van der Waals surface area (Å²) in [6.07, 6.45) is 5.52. The number of H-pyrrole nitrogens is 1. The SMILES string of the molecule is CCCCOc1nc2nc(Cl)nc(NCc3ccncc3)c2[nH]1. The molecule has 2 N–H and O–H groups in total. The number of pyridine rings is 1. The van der Waals surface area contributed by atoms with Gasteiger partial charge in [-0.15, -0.1) is 0 Å². The average Bonchev–Trinajstić information content (AvgIpc) is 2.96. The third-order valence-electron chi connectivity index (χ3n) is 3.25. The molecule has 3 rings (SSSR count). The summed E-state index contributed by atoms with van der Waals surface area (Å²) in [5.74, 6) is 0.592. The Morgan fingerprint density at radius 1 is 1.22 bits per heavy atom. The molecule has 0 spiro atoms. The van der Waals surface area contributed by atoms with Crippen LogP contribution in [0.4, 0.5) is 5.82 Å². The zero-order valence-electron chi connectivity index (χ0n) is 12.7. The van der Waals surface area contributed by atoms with E-state index < -0.39 is 0 Å². The first kappa shape index (κ1) is 15.5. The number of hydrogen-bond donors (Lipinski definition) is 2. The van der Waals surface area contributed by atoms with Crippen molar-refractivity contribution in [3.63, 3.8) is 0 Å². The number of ether oxygens (including phenoxy) is 1. The fourth-order valence-corrected chi connectivity index (χ4v) is 2.21. The minimum Gasteiger partial charge on any atom is -0.465 e. The Hall–Kier alpha value is -2.41. The first-order valence-electron chi connectivity index (χ1n) is 7.45. The Balaban J connectivity index is 1.80. The molecule has 0 aliphatic rings. The minimum atomic E-state index is 0.140. The molecule has 0 bridgehead atoms. The smallest absolute Gasteiger partial charge is 0.296 e. The van der Waals surface area contributed by atoms with Gasteiger partial charge in [-0.1, -0.05) is 13.3 Å². The summed E-state index contributed by atoms with van der Waals surface area (Å²) >= 11 is 5.97. The van der Waals surface area contributed by atoms with Gasteiger partial charge in [-0.05, 0) is 35.7 Å². The largest absolute Gasteiger partial charge is 0.465 e. The van der Waals surface area contributed by atoms with E-state index in [0.717, 1.165) is 18.4 Å². The Morgan fingerprint density at radius 3 is 2.83 bits per heavy atom. The van der Waals surface area contributed by atoms with Crippen LogP contribution < -0.4 is 10.1 Å². The van der Waals surface area contributed by atoms with Gasteiger partial charge in [0.2, 0.25) is 5.28 Å². The molecule has 0 radical (unpaired) electrons. The molecular weight excluding hydrogens is 316 g/mol. The molecule has 0 amide bonds. The maximum Gasteiger partial charge on any atom is 0.296 e. The van der Waals surface area contributed by atoms with Crippen molar-refractivity contribution in [2.75, 3.05) is 11.9 Å². The molecule has 3 heterocycles. The second-order valence-corrected chi connectivity index (χ2v) is 5.33. The molecule has 0 fully saturated rings. The molecular formula is C15H17ClN6O. The summed E-state index contributed by atoms with van der Waals surface area (Å²) in [5, 5.41) is 3.38. The predicted molar refractivity (Wildman–Crippen MR) is 88.7 cm³/mol. The number of hydrogen-bond acceptors (Lipinski definition) is 6. The van der Waals surface area contributed by atoms with Crippen molar-refractivity contribution in [1.82, 2.24) is 24.9 Å². The van der Waals surface area contributed by atoms with Gasteiger partial charge >= 0.3 is 0 Å². The standard InChI is InChI=1S/C15H17ClN6O/c1-2-3-8-23-15-19-11-12(20-14(16)21-13(11)22-15)18-9-10-4-6-17-7-5-10/h4-7H,2-3,8-9H2,1H3,(H2,18,19,20,21,22). The summed E-state index contributed by atoms with van der Waals surface area (Å²) < 4.78 is 5.58. The lowest BCUT2D eigenvalue weighted by molar-refractivity contribution is 0.289. The molecule has 8 heteroatoms. The number of nitrogens with zero attached hydrogens (tertiary/aromatic N) is 4. The van der Waals surface area contributed by atoms with E-state index in [1.807, 2.05) is 12.1 Å². The zero-order valence-corrected chi connectivity index (χ0v) is 13.5. The van der Waals surface area contributed by atoms with Crippen LogP contribution in [-0.2, 0) is 6.54 Å². The van der Waals surface area contributed by atoms with Gasteiger partial charge < -0.3 is 15.0 Å². The van der Waals surface area contributed by atoms with Gasteiger partial charge in [-0.25, -0.2) is 0 Å². The number of aromatic amines is 1. The fourth-order valence-electron chi connectivity index (χ4n) is 2.05. The lowest BCUT2D eigenvalue weighted by Gasteiger charge is -2.06. The van der Waals surface area contributed by atoms with Crippen LogP contribution in [0.25, 0.3) is 11.2 Å². The monoisotopic (exact) mass is 332 g/mol. The van der Waals surface area contributed by atoms with Crippen molar-refractivity contribution in [2.45, 2.75) is 26.3 Å². The molecule has 7 nitrogen and oxygen atoms in total. The third kappa shape index (κ3) is 3.87. The van der Waals surface area contributed by atoms with Crippen molar-refractivity contribution < 1.29 is 4.74 Å². The van der Waals surface area contributed by atoms with Crippen LogP contribution in [0, 0.1) is 0 Å². The third-order valence-corrected chi connectivity index (χ3v) is 3.42. The number of unbranched alkanes of at least 4 members (excludes halogenated alkanes) is 1. The average molecular weight is 333 g/mol. The highest BCUT2D eigenvalue weighted by Gasteiger charge is 2.12. The molecule has 0 aliphatic heterocycles. The summed E-state index contributed by atoms with van der Waals surface area (Å²) in [6.45, 7) is 3.31. The van der Waals surface area contributed by atoms with E-state index in [1.54, 1.807) is 12.4 Å². The van der Waals surface area contributed by atoms with Crippen LogP contribution in [0.2, 0.25) is 5.28 Å². The van der Waals surface area contributed by atoms with Crippen molar-refractivity contribution in [1.29, 1.82) is 0 Å². The van der Waals surface area contributed by atoms with Crippen molar-refractivity contribution in [3.05, 3.63) is 35.4 Å². The van der Waals surface area contributed by atoms with Crippen LogP contribution in [-0.4, -0.2) is 31.5 Å². The maximum atomic E-state index is 5.97. The lowest BCUT2D eigenvalue weighted by Crippen LogP contribution is -2.03. The highest BCUT2D eigenvalue weighted by molar-refractivity contribution is 6.28. The molecule has 120 valence electrons. The van der Waals surface area contributed by atoms with E-state index in [2.05, 4.69) is 37.2 Å². The number of nitrogens with one attached hydrogen (secondary N) is 2. The van der Waals surface area contributed by atoms with E-state index in [-0.39, 0.29) is 5.28 Å². The molecule has 0 aliphatic carbocycles. The summed E-state index contributed by atoms with van der Waals surface area (Å²) in [4.78, 5) is 19.7. The molecule has 0 unspecified atom stereocenters. The van der Waals surface area contributed by atoms with Gasteiger partial charge in [-0.2, -0.15) is 15.0 Å². The zero-order chi connectivity index (χ0) is 16.1. The highest BCUT2D eigenvalue weighted by Crippen LogP contribution is 2.23. The molecule has 23 heavy (non-hydrogen) atoms. The quantitative estimate of drug-likeness (QED) is 0.510. The van der Waals surface area contributed by atoms with E-state index in [1.165, 1.54) is 0 Å². The van der Waals surface area contributed by atoms with E-state index >= 15 is 0 Å². The van der Waals surface area contributed by atoms with Gasteiger partial charge in [0.05, 0.1) is 6.61 Å². The van der Waals surface area contributed by atoms with E-state index in [4.69, 9.17) is 16.3 Å². The number of rotatable bonds is 7. The number of halogens is 1. The van der Waals surface area contributed by atoms with Crippen LogP contribution >= 0.6 is 11.6 Å². The Labute approximate surface area is 138 Å². The summed E-state index contributed by atoms with van der Waals surface area (Å²) in [7, 11) is 0. The van der Waals surface area contributed by atoms with Gasteiger partial charge in [0.25, 0.3) is 6.01 Å². The van der Waals surface area contributed by atoms with Gasteiger partial charge in [0, 0.05) is 18.9 Å². The first-order chi connectivity index (χ1) is 11.3.